The molecular weight excluding hydrogens is 398 g/mol. The number of nitrogens with zero attached hydrogens (tertiary/aromatic N) is 2. The zero-order chi connectivity index (χ0) is 21.7. The van der Waals surface area contributed by atoms with Gasteiger partial charge in [-0.05, 0) is 56.2 Å². The van der Waals surface area contributed by atoms with Gasteiger partial charge in [-0.2, -0.15) is 0 Å². The molecule has 1 aliphatic heterocycles. The van der Waals surface area contributed by atoms with Gasteiger partial charge in [0.05, 0.1) is 11.8 Å². The summed E-state index contributed by atoms with van der Waals surface area (Å²) >= 11 is 5.87. The first kappa shape index (κ1) is 22.2. The van der Waals surface area contributed by atoms with Crippen molar-refractivity contribution in [3.8, 4) is 0 Å². The SMILES string of the molecule is Cc1ccccc1CC(=O)N1CCN(c2ccc(NC(=O)C(C)(C)CCl)cc2)CC1. The van der Waals surface area contributed by atoms with Gasteiger partial charge in [-0.1, -0.05) is 24.3 Å². The van der Waals surface area contributed by atoms with Crippen molar-refractivity contribution in [1.82, 2.24) is 4.90 Å². The first-order valence-electron chi connectivity index (χ1n) is 10.3. The van der Waals surface area contributed by atoms with E-state index in [4.69, 9.17) is 11.6 Å². The Morgan fingerprint density at radius 3 is 2.23 bits per heavy atom. The average molecular weight is 428 g/mol. The maximum Gasteiger partial charge on any atom is 0.231 e. The van der Waals surface area contributed by atoms with Gasteiger partial charge in [-0.25, -0.2) is 0 Å². The van der Waals surface area contributed by atoms with Gasteiger partial charge in [-0.15, -0.1) is 11.6 Å². The fraction of sp³-hybridized carbons (Fsp3) is 0.417. The Hall–Kier alpha value is -2.53. The molecule has 160 valence electrons. The van der Waals surface area contributed by atoms with Crippen LogP contribution in [0.3, 0.4) is 0 Å². The summed E-state index contributed by atoms with van der Waals surface area (Å²) in [5.74, 6) is 0.360. The number of anilines is 2. The maximum absolute atomic E-state index is 12.7. The molecule has 5 nitrogen and oxygen atoms in total. The molecule has 6 heteroatoms. The Kier molecular flexibility index (Phi) is 7.03. The largest absolute Gasteiger partial charge is 0.368 e. The fourth-order valence-electron chi connectivity index (χ4n) is 3.41. The van der Waals surface area contributed by atoms with Crippen molar-refractivity contribution in [3.63, 3.8) is 0 Å². The molecule has 0 bridgehead atoms. The molecule has 0 radical (unpaired) electrons. The molecule has 30 heavy (non-hydrogen) atoms. The van der Waals surface area contributed by atoms with Gasteiger partial charge in [0, 0.05) is 43.4 Å². The Bertz CT molecular complexity index is 888. The number of piperazine rings is 1. The summed E-state index contributed by atoms with van der Waals surface area (Å²) in [5.41, 5.74) is 3.50. The van der Waals surface area contributed by atoms with Crippen molar-refractivity contribution in [2.45, 2.75) is 27.2 Å². The Morgan fingerprint density at radius 1 is 1.00 bits per heavy atom. The quantitative estimate of drug-likeness (QED) is 0.706. The molecule has 1 fully saturated rings. The number of amides is 2. The van der Waals surface area contributed by atoms with E-state index in [1.807, 2.05) is 74.2 Å². The summed E-state index contributed by atoms with van der Waals surface area (Å²) in [6, 6.07) is 15.9. The highest BCUT2D eigenvalue weighted by Gasteiger charge is 2.26. The molecule has 0 atom stereocenters. The van der Waals surface area contributed by atoms with Crippen LogP contribution in [0.4, 0.5) is 11.4 Å². The van der Waals surface area contributed by atoms with E-state index in [1.54, 1.807) is 0 Å². The van der Waals surface area contributed by atoms with Gasteiger partial charge in [0.1, 0.15) is 0 Å². The molecule has 1 N–H and O–H groups in total. The lowest BCUT2D eigenvalue weighted by Crippen LogP contribution is -2.49. The van der Waals surface area contributed by atoms with Crippen LogP contribution in [0.5, 0.6) is 0 Å². The van der Waals surface area contributed by atoms with Gasteiger partial charge < -0.3 is 15.1 Å². The minimum absolute atomic E-state index is 0.0916. The summed E-state index contributed by atoms with van der Waals surface area (Å²) < 4.78 is 0. The highest BCUT2D eigenvalue weighted by atomic mass is 35.5. The lowest BCUT2D eigenvalue weighted by molar-refractivity contribution is -0.130. The second-order valence-electron chi connectivity index (χ2n) is 8.49. The van der Waals surface area contributed by atoms with Crippen LogP contribution in [0.25, 0.3) is 0 Å². The first-order chi connectivity index (χ1) is 14.3. The predicted molar refractivity (Wildman–Crippen MR) is 123 cm³/mol. The normalized spacial score (nSPS) is 14.5. The van der Waals surface area contributed by atoms with Crippen LogP contribution in [0.15, 0.2) is 48.5 Å². The highest BCUT2D eigenvalue weighted by molar-refractivity contribution is 6.20. The molecule has 0 saturated carbocycles. The third-order valence-electron chi connectivity index (χ3n) is 5.67. The number of alkyl halides is 1. The molecule has 2 aromatic carbocycles. The smallest absolute Gasteiger partial charge is 0.231 e. The number of rotatable bonds is 6. The fourth-order valence-corrected chi connectivity index (χ4v) is 3.54. The van der Waals surface area contributed by atoms with E-state index in [-0.39, 0.29) is 17.7 Å². The molecule has 1 heterocycles. The molecule has 0 spiro atoms. The third kappa shape index (κ3) is 5.33. The molecule has 1 aliphatic rings. The second-order valence-corrected chi connectivity index (χ2v) is 8.76. The van der Waals surface area contributed by atoms with Crippen LogP contribution in [0.1, 0.15) is 25.0 Å². The monoisotopic (exact) mass is 427 g/mol. The molecule has 0 aromatic heterocycles. The topological polar surface area (TPSA) is 52.7 Å². The van der Waals surface area contributed by atoms with Gasteiger partial charge in [0.25, 0.3) is 0 Å². The summed E-state index contributed by atoms with van der Waals surface area (Å²) in [6.45, 7) is 8.71. The van der Waals surface area contributed by atoms with Gasteiger partial charge in [0.15, 0.2) is 0 Å². The van der Waals surface area contributed by atoms with Crippen LogP contribution in [0.2, 0.25) is 0 Å². The minimum atomic E-state index is -0.610. The van der Waals surface area contributed by atoms with Gasteiger partial charge in [0.2, 0.25) is 11.8 Å². The minimum Gasteiger partial charge on any atom is -0.368 e. The predicted octanol–water partition coefficient (Wildman–Crippen LogP) is 4.09. The van der Waals surface area contributed by atoms with Crippen molar-refractivity contribution in [1.29, 1.82) is 0 Å². The van der Waals surface area contributed by atoms with E-state index < -0.39 is 5.41 Å². The number of hydrogen-bond acceptors (Lipinski definition) is 3. The van der Waals surface area contributed by atoms with E-state index in [0.717, 1.165) is 35.6 Å². The van der Waals surface area contributed by atoms with Crippen LogP contribution in [-0.4, -0.2) is 48.8 Å². The summed E-state index contributed by atoms with van der Waals surface area (Å²) in [4.78, 5) is 29.2. The third-order valence-corrected chi connectivity index (χ3v) is 6.34. The zero-order valence-corrected chi connectivity index (χ0v) is 18.7. The Labute approximate surface area is 184 Å². The van der Waals surface area contributed by atoms with Crippen LogP contribution >= 0.6 is 11.6 Å². The van der Waals surface area contributed by atoms with Crippen LogP contribution in [0, 0.1) is 12.3 Å². The standard InChI is InChI=1S/C24H30ClN3O2/c1-18-6-4-5-7-19(18)16-22(29)28-14-12-27(13-15-28)21-10-8-20(9-11-21)26-23(30)24(2,3)17-25/h4-11H,12-17H2,1-3H3,(H,26,30). The van der Waals surface area contributed by atoms with Crippen LogP contribution in [-0.2, 0) is 16.0 Å². The zero-order valence-electron chi connectivity index (χ0n) is 18.0. The van der Waals surface area contributed by atoms with Crippen molar-refractivity contribution in [2.75, 3.05) is 42.3 Å². The molecule has 0 unspecified atom stereocenters. The number of carbonyl (C=O) groups is 2. The second kappa shape index (κ2) is 9.52. The summed E-state index contributed by atoms with van der Waals surface area (Å²) in [5, 5.41) is 2.92. The molecule has 2 aromatic rings. The van der Waals surface area contributed by atoms with E-state index in [1.165, 1.54) is 0 Å². The average Bonchev–Trinajstić information content (AvgIpc) is 2.76. The summed E-state index contributed by atoms with van der Waals surface area (Å²) in [7, 11) is 0. The Morgan fingerprint density at radius 2 is 1.63 bits per heavy atom. The number of nitrogens with one attached hydrogen (secondary N) is 1. The number of hydrogen-bond donors (Lipinski definition) is 1. The lowest BCUT2D eigenvalue weighted by Gasteiger charge is -2.36. The summed E-state index contributed by atoms with van der Waals surface area (Å²) in [6.07, 6.45) is 0.458. The van der Waals surface area contributed by atoms with E-state index in [2.05, 4.69) is 10.2 Å². The van der Waals surface area contributed by atoms with E-state index in [0.29, 0.717) is 19.5 Å². The molecule has 0 aliphatic carbocycles. The van der Waals surface area contributed by atoms with Crippen molar-refractivity contribution in [2.24, 2.45) is 5.41 Å². The molecule has 3 rings (SSSR count). The molecule has 2 amide bonds. The number of halogens is 1. The van der Waals surface area contributed by atoms with Crippen molar-refractivity contribution < 1.29 is 9.59 Å². The number of benzene rings is 2. The van der Waals surface area contributed by atoms with E-state index >= 15 is 0 Å². The molecular formula is C24H30ClN3O2. The molecule has 1 saturated heterocycles. The first-order valence-corrected chi connectivity index (χ1v) is 10.9. The van der Waals surface area contributed by atoms with Gasteiger partial charge >= 0.3 is 0 Å². The highest BCUT2D eigenvalue weighted by Crippen LogP contribution is 2.23. The number of carbonyl (C=O) groups excluding carboxylic acids is 2. The Balaban J connectivity index is 1.53. The van der Waals surface area contributed by atoms with E-state index in [9.17, 15) is 9.59 Å². The van der Waals surface area contributed by atoms with Gasteiger partial charge in [-0.3, -0.25) is 9.59 Å². The maximum atomic E-state index is 12.7. The number of aryl methyl sites for hydroxylation is 1. The van der Waals surface area contributed by atoms with Crippen molar-refractivity contribution >= 4 is 34.8 Å². The lowest BCUT2D eigenvalue weighted by atomic mass is 9.95. The van der Waals surface area contributed by atoms with Crippen molar-refractivity contribution in [3.05, 3.63) is 59.7 Å². The van der Waals surface area contributed by atoms with Crippen LogP contribution < -0.4 is 10.2 Å².